The van der Waals surface area contributed by atoms with E-state index in [9.17, 15) is 10.0 Å². The summed E-state index contributed by atoms with van der Waals surface area (Å²) in [5, 5.41) is 22.6. The molecule has 0 fully saturated rings. The summed E-state index contributed by atoms with van der Waals surface area (Å²) in [5.74, 6) is 5.75. The highest BCUT2D eigenvalue weighted by Crippen LogP contribution is 2.46. The van der Waals surface area contributed by atoms with Crippen molar-refractivity contribution in [3.63, 3.8) is 0 Å². The molecule has 0 saturated heterocycles. The topological polar surface area (TPSA) is 91.7 Å². The van der Waals surface area contributed by atoms with E-state index in [1.807, 2.05) is 0 Å². The highest BCUT2D eigenvalue weighted by atomic mass is 16.4. The molecule has 4 N–H and O–H groups in total. The van der Waals surface area contributed by atoms with Gasteiger partial charge >= 0.3 is 7.12 Å². The maximum absolute atomic E-state index is 9.27. The Labute approximate surface area is 161 Å². The Morgan fingerprint density at radius 3 is 2.15 bits per heavy atom. The third-order valence-electron chi connectivity index (χ3n) is 5.91. The molecule has 0 atom stereocenters. The van der Waals surface area contributed by atoms with Gasteiger partial charge in [-0.1, -0.05) is 39.8 Å². The summed E-state index contributed by atoms with van der Waals surface area (Å²) in [4.78, 5) is 4.33. The van der Waals surface area contributed by atoms with Crippen molar-refractivity contribution in [1.82, 2.24) is 4.98 Å². The van der Waals surface area contributed by atoms with Crippen molar-refractivity contribution in [2.24, 2.45) is 10.9 Å². The summed E-state index contributed by atoms with van der Waals surface area (Å²) in [6.45, 7) is 11.3. The van der Waals surface area contributed by atoms with Gasteiger partial charge in [-0.3, -0.25) is 4.98 Å². The predicted octanol–water partition coefficient (Wildman–Crippen LogP) is 2.13. The lowest BCUT2D eigenvalue weighted by Crippen LogP contribution is -2.34. The number of hydrazone groups is 1. The van der Waals surface area contributed by atoms with E-state index >= 15 is 0 Å². The second-order valence-corrected chi connectivity index (χ2v) is 8.81. The maximum atomic E-state index is 9.27. The summed E-state index contributed by atoms with van der Waals surface area (Å²) in [6, 6.07) is 7.82. The van der Waals surface area contributed by atoms with E-state index in [-0.39, 0.29) is 10.8 Å². The molecule has 142 valence electrons. The number of fused-ring (bicyclic) bond motifs is 1. The van der Waals surface area contributed by atoms with E-state index in [1.165, 1.54) is 17.3 Å². The van der Waals surface area contributed by atoms with Crippen molar-refractivity contribution in [2.45, 2.75) is 58.3 Å². The number of aryl methyl sites for hydroxylation is 1. The van der Waals surface area contributed by atoms with E-state index in [1.54, 1.807) is 12.1 Å². The van der Waals surface area contributed by atoms with Gasteiger partial charge in [-0.2, -0.15) is 5.10 Å². The number of rotatable bonds is 3. The average Bonchev–Trinajstić information content (AvgIpc) is 2.61. The lowest BCUT2D eigenvalue weighted by Gasteiger charge is -2.42. The van der Waals surface area contributed by atoms with Gasteiger partial charge in [0.05, 0.1) is 5.69 Å². The van der Waals surface area contributed by atoms with Crippen LogP contribution in [0.5, 0.6) is 0 Å². The van der Waals surface area contributed by atoms with Gasteiger partial charge in [0.15, 0.2) is 0 Å². The van der Waals surface area contributed by atoms with Crippen LogP contribution in [0, 0.1) is 6.92 Å². The number of benzene rings is 1. The molecule has 1 aromatic carbocycles. The van der Waals surface area contributed by atoms with Crippen LogP contribution in [0.4, 0.5) is 0 Å². The minimum absolute atomic E-state index is 0.0886. The van der Waals surface area contributed by atoms with Gasteiger partial charge in [-0.05, 0) is 59.4 Å². The highest BCUT2D eigenvalue weighted by Gasteiger charge is 2.37. The molecule has 6 heteroatoms. The van der Waals surface area contributed by atoms with Gasteiger partial charge in [0.1, 0.15) is 5.71 Å². The average molecular weight is 365 g/mol. The Hall–Kier alpha value is -2.18. The van der Waals surface area contributed by atoms with Crippen molar-refractivity contribution >= 4 is 18.3 Å². The summed E-state index contributed by atoms with van der Waals surface area (Å²) in [6.07, 6.45) is 3.73. The number of nitrogens with zero attached hydrogens (tertiary/aromatic N) is 2. The normalized spacial score (nSPS) is 18.1. The zero-order chi connectivity index (χ0) is 20.0. The summed E-state index contributed by atoms with van der Waals surface area (Å²) < 4.78 is 0. The molecule has 2 aromatic rings. The van der Waals surface area contributed by atoms with Crippen molar-refractivity contribution in [1.29, 1.82) is 0 Å². The Kier molecular flexibility index (Phi) is 4.91. The van der Waals surface area contributed by atoms with Gasteiger partial charge in [-0.15, -0.1) is 0 Å². The predicted molar refractivity (Wildman–Crippen MR) is 110 cm³/mol. The molecular weight excluding hydrogens is 337 g/mol. The first kappa shape index (κ1) is 19.6. The minimum Gasteiger partial charge on any atom is -0.423 e. The van der Waals surface area contributed by atoms with Crippen LogP contribution in [0.1, 0.15) is 68.5 Å². The molecule has 3 rings (SSSR count). The second-order valence-electron chi connectivity index (χ2n) is 8.81. The zero-order valence-corrected chi connectivity index (χ0v) is 16.7. The van der Waals surface area contributed by atoms with E-state index in [0.29, 0.717) is 16.9 Å². The SMILES string of the molecule is Cc1cc2c(cc1/C(=N\N)c1ccc(B(O)O)cn1)C(C)(C)CCC2(C)C. The van der Waals surface area contributed by atoms with Gasteiger partial charge in [0.2, 0.25) is 0 Å². The fourth-order valence-electron chi connectivity index (χ4n) is 3.95. The Morgan fingerprint density at radius 2 is 1.67 bits per heavy atom. The highest BCUT2D eigenvalue weighted by molar-refractivity contribution is 6.58. The van der Waals surface area contributed by atoms with Crippen molar-refractivity contribution in [3.8, 4) is 0 Å². The monoisotopic (exact) mass is 365 g/mol. The molecule has 0 bridgehead atoms. The molecule has 0 saturated carbocycles. The molecule has 27 heavy (non-hydrogen) atoms. The van der Waals surface area contributed by atoms with Crippen LogP contribution in [-0.2, 0) is 10.8 Å². The standard InChI is InChI=1S/C21H28BN3O2/c1-13-10-16-17(21(4,5)9-8-20(16,2)3)11-15(13)19(25-23)18-7-6-14(12-24-18)22(26)27/h6-7,10-12,26-27H,8-9,23H2,1-5H3/b25-19+. The fraction of sp³-hybridized carbons (Fsp3) is 0.429. The smallest absolute Gasteiger partial charge is 0.423 e. The first-order valence-electron chi connectivity index (χ1n) is 9.33. The molecule has 0 radical (unpaired) electrons. The summed E-state index contributed by atoms with van der Waals surface area (Å²) >= 11 is 0. The van der Waals surface area contributed by atoms with Crippen LogP contribution in [0.3, 0.4) is 0 Å². The Morgan fingerprint density at radius 1 is 1.07 bits per heavy atom. The van der Waals surface area contributed by atoms with Gasteiger partial charge in [-0.25, -0.2) is 0 Å². The molecule has 5 nitrogen and oxygen atoms in total. The van der Waals surface area contributed by atoms with E-state index in [2.05, 4.69) is 56.8 Å². The minimum atomic E-state index is -1.54. The van der Waals surface area contributed by atoms with Crippen molar-refractivity contribution in [2.75, 3.05) is 0 Å². The lowest BCUT2D eigenvalue weighted by molar-refractivity contribution is 0.331. The molecule has 1 heterocycles. The van der Waals surface area contributed by atoms with Crippen LogP contribution in [-0.4, -0.2) is 27.9 Å². The number of hydrogen-bond donors (Lipinski definition) is 3. The van der Waals surface area contributed by atoms with Crippen molar-refractivity contribution in [3.05, 3.63) is 58.4 Å². The number of aromatic nitrogens is 1. The van der Waals surface area contributed by atoms with Crippen LogP contribution < -0.4 is 11.3 Å². The fourth-order valence-corrected chi connectivity index (χ4v) is 3.95. The van der Waals surface area contributed by atoms with Gasteiger partial charge in [0, 0.05) is 17.2 Å². The summed E-state index contributed by atoms with van der Waals surface area (Å²) in [5.41, 5.74) is 6.58. The van der Waals surface area contributed by atoms with Crippen molar-refractivity contribution < 1.29 is 10.0 Å². The van der Waals surface area contributed by atoms with Gasteiger partial charge < -0.3 is 15.9 Å². The summed E-state index contributed by atoms with van der Waals surface area (Å²) in [7, 11) is -1.54. The largest absolute Gasteiger partial charge is 0.490 e. The molecule has 0 unspecified atom stereocenters. The molecule has 0 spiro atoms. The van der Waals surface area contributed by atoms with E-state index in [4.69, 9.17) is 5.84 Å². The van der Waals surface area contributed by atoms with Crippen LogP contribution in [0.2, 0.25) is 0 Å². The molecule has 1 aliphatic carbocycles. The Bertz CT molecular complexity index is 887. The molecule has 0 aliphatic heterocycles. The quantitative estimate of drug-likeness (QED) is 0.336. The zero-order valence-electron chi connectivity index (χ0n) is 16.7. The third-order valence-corrected chi connectivity index (χ3v) is 5.91. The molecule has 0 amide bonds. The van der Waals surface area contributed by atoms with E-state index in [0.717, 1.165) is 24.0 Å². The number of pyridine rings is 1. The maximum Gasteiger partial charge on any atom is 0.490 e. The number of nitrogens with two attached hydrogens (primary N) is 1. The van der Waals surface area contributed by atoms with Crippen LogP contribution >= 0.6 is 0 Å². The second kappa shape index (κ2) is 6.77. The first-order valence-corrected chi connectivity index (χ1v) is 9.33. The van der Waals surface area contributed by atoms with Crippen LogP contribution in [0.25, 0.3) is 0 Å². The number of hydrogen-bond acceptors (Lipinski definition) is 5. The van der Waals surface area contributed by atoms with Crippen LogP contribution in [0.15, 0.2) is 35.6 Å². The lowest BCUT2D eigenvalue weighted by atomic mass is 9.62. The first-order chi connectivity index (χ1) is 12.6. The molecule has 1 aromatic heterocycles. The molecular formula is C21H28BN3O2. The third kappa shape index (κ3) is 3.51. The van der Waals surface area contributed by atoms with E-state index < -0.39 is 7.12 Å². The van der Waals surface area contributed by atoms with Gasteiger partial charge in [0.25, 0.3) is 0 Å². The molecule has 1 aliphatic rings. The Balaban J connectivity index is 2.13.